The summed E-state index contributed by atoms with van der Waals surface area (Å²) in [6.45, 7) is 19.2. The zero-order valence-electron chi connectivity index (χ0n) is 20.7. The highest BCUT2D eigenvalue weighted by Gasteiger charge is 2.51. The van der Waals surface area contributed by atoms with E-state index in [9.17, 15) is 0 Å². The van der Waals surface area contributed by atoms with Crippen LogP contribution in [0.4, 0.5) is 0 Å². The molecule has 0 N–H and O–H groups in total. The fourth-order valence-electron chi connectivity index (χ4n) is 3.49. The summed E-state index contributed by atoms with van der Waals surface area (Å²) >= 11 is 0. The van der Waals surface area contributed by atoms with Gasteiger partial charge in [-0.1, -0.05) is 74.8 Å². The van der Waals surface area contributed by atoms with E-state index >= 15 is 0 Å². The maximum absolute atomic E-state index is 6.19. The molecule has 1 fully saturated rings. The Hall–Kier alpha value is -1.55. The Morgan fingerprint density at radius 1 is 0.806 bits per heavy atom. The van der Waals surface area contributed by atoms with E-state index < -0.39 is 0 Å². The normalized spacial score (nSPS) is 18.3. The number of benzene rings is 2. The van der Waals surface area contributed by atoms with Gasteiger partial charge in [-0.05, 0) is 64.6 Å². The van der Waals surface area contributed by atoms with E-state index in [1.807, 2.05) is 7.48 Å². The molecule has 0 aliphatic carbocycles. The zero-order chi connectivity index (χ0) is 23.1. The van der Waals surface area contributed by atoms with Crippen LogP contribution in [0.1, 0.15) is 79.9 Å². The second-order valence-electron chi connectivity index (χ2n) is 10.8. The van der Waals surface area contributed by atoms with E-state index in [1.165, 1.54) is 11.1 Å². The molecule has 0 bridgehead atoms. The zero-order valence-corrected chi connectivity index (χ0v) is 20.7. The molecule has 2 aromatic carbocycles. The summed E-state index contributed by atoms with van der Waals surface area (Å²) in [4.78, 5) is 0. The fourth-order valence-corrected chi connectivity index (χ4v) is 3.49. The summed E-state index contributed by atoms with van der Waals surface area (Å²) in [5.74, 6) is 0. The molecule has 3 rings (SSSR count). The van der Waals surface area contributed by atoms with Crippen molar-refractivity contribution in [3.05, 3.63) is 59.7 Å². The van der Waals surface area contributed by atoms with E-state index in [1.54, 1.807) is 0 Å². The SMILES string of the molecule is CCC(C)(C)O[B]c1ccc(C(C)(C)c2ccc(B3OC(C)(C)C(C)(C)O3)cc2)cc1. The van der Waals surface area contributed by atoms with Crippen LogP contribution in [-0.2, 0) is 19.4 Å². The van der Waals surface area contributed by atoms with Crippen molar-refractivity contribution in [2.24, 2.45) is 0 Å². The van der Waals surface area contributed by atoms with Crippen LogP contribution >= 0.6 is 0 Å². The highest BCUT2D eigenvalue weighted by atomic mass is 16.7. The van der Waals surface area contributed by atoms with Gasteiger partial charge in [-0.3, -0.25) is 0 Å². The lowest BCUT2D eigenvalue weighted by atomic mass is 9.73. The number of rotatable bonds is 7. The van der Waals surface area contributed by atoms with Crippen LogP contribution in [0.25, 0.3) is 0 Å². The first-order valence-corrected chi connectivity index (χ1v) is 11.4. The predicted molar refractivity (Wildman–Crippen MR) is 132 cm³/mol. The molecule has 31 heavy (non-hydrogen) atoms. The monoisotopic (exact) mass is 419 g/mol. The lowest BCUT2D eigenvalue weighted by molar-refractivity contribution is 0.00578. The Bertz CT molecular complexity index is 868. The van der Waals surface area contributed by atoms with Gasteiger partial charge in [0.2, 0.25) is 0 Å². The third kappa shape index (κ3) is 5.10. The molecule has 0 aromatic heterocycles. The van der Waals surface area contributed by atoms with Gasteiger partial charge in [-0.25, -0.2) is 0 Å². The topological polar surface area (TPSA) is 27.7 Å². The predicted octanol–water partition coefficient (Wildman–Crippen LogP) is 4.76. The minimum Gasteiger partial charge on any atom is -0.430 e. The van der Waals surface area contributed by atoms with E-state index in [0.29, 0.717) is 0 Å². The van der Waals surface area contributed by atoms with Crippen molar-refractivity contribution in [2.75, 3.05) is 0 Å². The maximum atomic E-state index is 6.19. The summed E-state index contributed by atoms with van der Waals surface area (Å²) in [7, 11) is 1.53. The number of hydrogen-bond acceptors (Lipinski definition) is 3. The average Bonchev–Trinajstić information content (AvgIpc) is 2.94. The highest BCUT2D eigenvalue weighted by Crippen LogP contribution is 2.37. The molecule has 1 heterocycles. The average molecular weight is 419 g/mol. The summed E-state index contributed by atoms with van der Waals surface area (Å²) < 4.78 is 18.3. The summed E-state index contributed by atoms with van der Waals surface area (Å²) in [6.07, 6.45) is 0.969. The van der Waals surface area contributed by atoms with Gasteiger partial charge in [-0.15, -0.1) is 0 Å². The molecule has 1 saturated heterocycles. The molecular formula is C26H37B2O3. The molecule has 0 spiro atoms. The minimum absolute atomic E-state index is 0.115. The molecule has 0 unspecified atom stereocenters. The van der Waals surface area contributed by atoms with E-state index in [2.05, 4.69) is 111 Å². The van der Waals surface area contributed by atoms with Gasteiger partial charge in [0, 0.05) is 11.0 Å². The molecule has 0 amide bonds. The Kier molecular flexibility index (Phi) is 6.55. The first-order chi connectivity index (χ1) is 14.3. The molecular weight excluding hydrogens is 382 g/mol. The van der Waals surface area contributed by atoms with Gasteiger partial charge in [0.15, 0.2) is 0 Å². The van der Waals surface area contributed by atoms with Gasteiger partial charge >= 0.3 is 14.6 Å². The van der Waals surface area contributed by atoms with Crippen LogP contribution in [-0.4, -0.2) is 31.4 Å². The Labute approximate surface area is 190 Å². The van der Waals surface area contributed by atoms with Crippen LogP contribution in [0.2, 0.25) is 0 Å². The lowest BCUT2D eigenvalue weighted by Gasteiger charge is -2.32. The van der Waals surface area contributed by atoms with Crippen molar-refractivity contribution in [1.29, 1.82) is 0 Å². The van der Waals surface area contributed by atoms with Crippen molar-refractivity contribution >= 4 is 25.5 Å². The highest BCUT2D eigenvalue weighted by molar-refractivity contribution is 6.62. The molecule has 1 aliphatic rings. The molecule has 0 atom stereocenters. The van der Waals surface area contributed by atoms with Gasteiger partial charge < -0.3 is 14.0 Å². The molecule has 2 aromatic rings. The van der Waals surface area contributed by atoms with Gasteiger partial charge in [0.25, 0.3) is 0 Å². The van der Waals surface area contributed by atoms with Gasteiger partial charge in [0.05, 0.1) is 11.2 Å². The molecule has 165 valence electrons. The third-order valence-corrected chi connectivity index (χ3v) is 7.16. The number of hydrogen-bond donors (Lipinski definition) is 0. The molecule has 1 aliphatic heterocycles. The summed E-state index contributed by atoms with van der Waals surface area (Å²) in [6, 6.07) is 17.3. The molecule has 0 saturated carbocycles. The lowest BCUT2D eigenvalue weighted by Crippen LogP contribution is -2.41. The van der Waals surface area contributed by atoms with Crippen molar-refractivity contribution in [2.45, 2.75) is 91.0 Å². The Morgan fingerprint density at radius 2 is 1.26 bits per heavy atom. The summed E-state index contributed by atoms with van der Waals surface area (Å²) in [5.41, 5.74) is 3.74. The first kappa shape index (κ1) is 24.1. The first-order valence-electron chi connectivity index (χ1n) is 11.4. The largest absolute Gasteiger partial charge is 0.494 e. The quantitative estimate of drug-likeness (QED) is 0.606. The van der Waals surface area contributed by atoms with Crippen molar-refractivity contribution in [3.63, 3.8) is 0 Å². The minimum atomic E-state index is -0.329. The Balaban J connectivity index is 1.72. The van der Waals surface area contributed by atoms with Gasteiger partial charge in [-0.2, -0.15) is 0 Å². The second-order valence-corrected chi connectivity index (χ2v) is 10.8. The Morgan fingerprint density at radius 3 is 1.71 bits per heavy atom. The van der Waals surface area contributed by atoms with Crippen LogP contribution in [0.5, 0.6) is 0 Å². The van der Waals surface area contributed by atoms with E-state index in [-0.39, 0.29) is 29.3 Å². The standard InChI is InChI=1S/C26H37B2O3/c1-10-23(2,3)29-27-21-15-11-19(12-16-21)24(4,5)20-13-17-22(18-14-20)28-30-25(6,7)26(8,9)31-28/h11-18H,10H2,1-9H3. The van der Waals surface area contributed by atoms with E-state index in [4.69, 9.17) is 14.0 Å². The maximum Gasteiger partial charge on any atom is 0.494 e. The van der Waals surface area contributed by atoms with Crippen molar-refractivity contribution in [3.8, 4) is 0 Å². The molecule has 5 heteroatoms. The van der Waals surface area contributed by atoms with Crippen LogP contribution in [0.15, 0.2) is 48.5 Å². The van der Waals surface area contributed by atoms with Crippen molar-refractivity contribution in [1.82, 2.24) is 0 Å². The summed E-state index contributed by atoms with van der Waals surface area (Å²) in [5, 5.41) is 0. The smallest absolute Gasteiger partial charge is 0.430 e. The van der Waals surface area contributed by atoms with Crippen molar-refractivity contribution < 1.29 is 14.0 Å². The fraction of sp³-hybridized carbons (Fsp3) is 0.538. The van der Waals surface area contributed by atoms with E-state index in [0.717, 1.165) is 17.3 Å². The van der Waals surface area contributed by atoms with Crippen LogP contribution in [0, 0.1) is 0 Å². The van der Waals surface area contributed by atoms with Crippen LogP contribution in [0.3, 0.4) is 0 Å². The third-order valence-electron chi connectivity index (χ3n) is 7.16. The van der Waals surface area contributed by atoms with Gasteiger partial charge in [0.1, 0.15) is 0 Å². The molecule has 1 radical (unpaired) electrons. The van der Waals surface area contributed by atoms with Crippen LogP contribution < -0.4 is 10.9 Å². The second kappa shape index (κ2) is 8.42. The molecule has 3 nitrogen and oxygen atoms in total.